The van der Waals surface area contributed by atoms with Gasteiger partial charge in [0.1, 0.15) is 29.2 Å². The van der Waals surface area contributed by atoms with E-state index in [1.807, 2.05) is 13.0 Å². The van der Waals surface area contributed by atoms with E-state index in [2.05, 4.69) is 19.9 Å². The summed E-state index contributed by atoms with van der Waals surface area (Å²) in [6.45, 7) is 3.70. The number of hydrogen-bond donors (Lipinski definition) is 0. The first-order valence-corrected chi connectivity index (χ1v) is 7.94. The van der Waals surface area contributed by atoms with Gasteiger partial charge < -0.3 is 14.4 Å². The molecule has 0 saturated carbocycles. The molecule has 0 radical (unpaired) electrons. The summed E-state index contributed by atoms with van der Waals surface area (Å²) in [4.78, 5) is 14.7. The molecule has 3 heterocycles. The molecule has 6 nitrogen and oxygen atoms in total. The smallest absolute Gasteiger partial charge is 0.213 e. The molecule has 0 spiro atoms. The maximum atomic E-state index is 6.07. The third kappa shape index (κ3) is 3.64. The van der Waals surface area contributed by atoms with Gasteiger partial charge in [-0.25, -0.2) is 15.0 Å². The number of rotatable bonds is 4. The Kier molecular flexibility index (Phi) is 4.81. The van der Waals surface area contributed by atoms with Gasteiger partial charge in [0.25, 0.3) is 0 Å². The highest BCUT2D eigenvalue weighted by atomic mass is 35.5. The van der Waals surface area contributed by atoms with Crippen molar-refractivity contribution < 1.29 is 9.47 Å². The second kappa shape index (κ2) is 7.00. The van der Waals surface area contributed by atoms with E-state index >= 15 is 0 Å². The molecule has 1 fully saturated rings. The third-order valence-electron chi connectivity index (χ3n) is 3.96. The molecular weight excluding hydrogens is 316 g/mol. The average molecular weight is 335 g/mol. The summed E-state index contributed by atoms with van der Waals surface area (Å²) in [7, 11) is 1.60. The first-order chi connectivity index (χ1) is 11.2. The minimum Gasteiger partial charge on any atom is -0.489 e. The summed E-state index contributed by atoms with van der Waals surface area (Å²) >= 11 is 6.07. The summed E-state index contributed by atoms with van der Waals surface area (Å²) in [6.07, 6.45) is 5.23. The van der Waals surface area contributed by atoms with Crippen LogP contribution in [-0.2, 0) is 0 Å². The summed E-state index contributed by atoms with van der Waals surface area (Å²) in [5.74, 6) is 2.27. The second-order valence-electron chi connectivity index (χ2n) is 5.45. The minimum atomic E-state index is 0.180. The lowest BCUT2D eigenvalue weighted by Gasteiger charge is -2.33. The van der Waals surface area contributed by atoms with E-state index in [-0.39, 0.29) is 6.10 Å². The van der Waals surface area contributed by atoms with Crippen LogP contribution >= 0.6 is 11.6 Å². The van der Waals surface area contributed by atoms with E-state index in [0.717, 1.165) is 43.1 Å². The van der Waals surface area contributed by atoms with E-state index in [0.29, 0.717) is 11.0 Å². The molecule has 2 aromatic rings. The molecule has 7 heteroatoms. The van der Waals surface area contributed by atoms with Gasteiger partial charge in [0.2, 0.25) is 5.88 Å². The molecule has 1 aliphatic heterocycles. The maximum absolute atomic E-state index is 6.07. The van der Waals surface area contributed by atoms with Crippen LogP contribution in [0.15, 0.2) is 24.7 Å². The topological polar surface area (TPSA) is 60.4 Å². The van der Waals surface area contributed by atoms with Gasteiger partial charge in [-0.15, -0.1) is 0 Å². The molecule has 0 aliphatic carbocycles. The molecular formula is C16H19ClN4O2. The largest absolute Gasteiger partial charge is 0.489 e. The van der Waals surface area contributed by atoms with Crippen molar-refractivity contribution in [2.45, 2.75) is 25.9 Å². The number of anilines is 1. The summed E-state index contributed by atoms with van der Waals surface area (Å²) in [5, 5.41) is 0.512. The molecule has 0 amide bonds. The molecule has 0 bridgehead atoms. The molecule has 122 valence electrons. The average Bonchev–Trinajstić information content (AvgIpc) is 2.59. The van der Waals surface area contributed by atoms with Crippen molar-refractivity contribution in [3.05, 3.63) is 35.4 Å². The number of nitrogens with zero attached hydrogens (tertiary/aromatic N) is 4. The fraction of sp³-hybridized carbons (Fsp3) is 0.438. The van der Waals surface area contributed by atoms with Crippen LogP contribution in [0.2, 0.25) is 5.15 Å². The van der Waals surface area contributed by atoms with Crippen molar-refractivity contribution in [1.82, 2.24) is 15.0 Å². The van der Waals surface area contributed by atoms with Crippen LogP contribution in [-0.4, -0.2) is 41.3 Å². The van der Waals surface area contributed by atoms with E-state index in [1.54, 1.807) is 19.4 Å². The zero-order valence-corrected chi connectivity index (χ0v) is 14.0. The number of aromatic nitrogens is 3. The van der Waals surface area contributed by atoms with Crippen molar-refractivity contribution in [3.63, 3.8) is 0 Å². The van der Waals surface area contributed by atoms with Gasteiger partial charge in [-0.05, 0) is 13.0 Å². The number of hydrogen-bond acceptors (Lipinski definition) is 6. The Hall–Kier alpha value is -2.08. The number of ether oxygens (including phenoxy) is 2. The predicted molar refractivity (Wildman–Crippen MR) is 88.4 cm³/mol. The van der Waals surface area contributed by atoms with Crippen LogP contribution in [0, 0.1) is 6.92 Å². The van der Waals surface area contributed by atoms with Gasteiger partial charge >= 0.3 is 0 Å². The first kappa shape index (κ1) is 15.8. The SMILES string of the molecule is COc1ccc(OC2CCN(c3ncnc(Cl)c3C)CC2)cn1. The van der Waals surface area contributed by atoms with Crippen molar-refractivity contribution in [2.24, 2.45) is 0 Å². The summed E-state index contributed by atoms with van der Waals surface area (Å²) < 4.78 is 11.0. The Labute approximate surface area is 140 Å². The van der Waals surface area contributed by atoms with Gasteiger partial charge in [0, 0.05) is 37.6 Å². The van der Waals surface area contributed by atoms with Crippen LogP contribution in [0.4, 0.5) is 5.82 Å². The van der Waals surface area contributed by atoms with Crippen LogP contribution in [0.25, 0.3) is 0 Å². The summed E-state index contributed by atoms with van der Waals surface area (Å²) in [5.41, 5.74) is 0.924. The number of pyridine rings is 1. The number of methoxy groups -OCH3 is 1. The lowest BCUT2D eigenvalue weighted by Crippen LogP contribution is -2.39. The van der Waals surface area contributed by atoms with Crippen molar-refractivity contribution in [3.8, 4) is 11.6 Å². The summed E-state index contributed by atoms with van der Waals surface area (Å²) in [6, 6.07) is 3.68. The molecule has 1 aliphatic rings. The van der Waals surface area contributed by atoms with Crippen LogP contribution in [0.5, 0.6) is 11.6 Å². The minimum absolute atomic E-state index is 0.180. The Morgan fingerprint density at radius 2 is 1.96 bits per heavy atom. The van der Waals surface area contributed by atoms with E-state index in [9.17, 15) is 0 Å². The zero-order valence-electron chi connectivity index (χ0n) is 13.2. The molecule has 23 heavy (non-hydrogen) atoms. The molecule has 0 N–H and O–H groups in total. The van der Waals surface area contributed by atoms with Crippen molar-refractivity contribution in [1.29, 1.82) is 0 Å². The van der Waals surface area contributed by atoms with Gasteiger partial charge in [-0.1, -0.05) is 11.6 Å². The molecule has 0 aromatic carbocycles. The number of piperidine rings is 1. The van der Waals surface area contributed by atoms with Gasteiger partial charge in [0.15, 0.2) is 0 Å². The Morgan fingerprint density at radius 3 is 2.61 bits per heavy atom. The number of halogens is 1. The monoisotopic (exact) mass is 334 g/mol. The first-order valence-electron chi connectivity index (χ1n) is 7.56. The normalized spacial score (nSPS) is 15.5. The molecule has 3 rings (SSSR count). The Morgan fingerprint density at radius 1 is 1.17 bits per heavy atom. The van der Waals surface area contributed by atoms with E-state index in [4.69, 9.17) is 21.1 Å². The molecule has 2 aromatic heterocycles. The fourth-order valence-corrected chi connectivity index (χ4v) is 2.80. The van der Waals surface area contributed by atoms with Gasteiger partial charge in [-0.2, -0.15) is 0 Å². The quantitative estimate of drug-likeness (QED) is 0.801. The van der Waals surface area contributed by atoms with Crippen molar-refractivity contribution >= 4 is 17.4 Å². The molecule has 0 unspecified atom stereocenters. The lowest BCUT2D eigenvalue weighted by atomic mass is 10.1. The Balaban J connectivity index is 1.58. The van der Waals surface area contributed by atoms with Gasteiger partial charge in [-0.3, -0.25) is 0 Å². The maximum Gasteiger partial charge on any atom is 0.213 e. The second-order valence-corrected chi connectivity index (χ2v) is 5.81. The van der Waals surface area contributed by atoms with E-state index in [1.165, 1.54) is 6.33 Å². The lowest BCUT2D eigenvalue weighted by molar-refractivity contribution is 0.169. The van der Waals surface area contributed by atoms with Crippen LogP contribution < -0.4 is 14.4 Å². The Bertz CT molecular complexity index is 658. The van der Waals surface area contributed by atoms with E-state index < -0.39 is 0 Å². The highest BCUT2D eigenvalue weighted by molar-refractivity contribution is 6.30. The third-order valence-corrected chi connectivity index (χ3v) is 4.34. The standard InChI is InChI=1S/C16H19ClN4O2/c1-11-15(17)19-10-20-16(11)21-7-5-12(6-8-21)23-13-3-4-14(22-2)18-9-13/h3-4,9-10,12H,5-8H2,1-2H3. The molecule has 0 atom stereocenters. The van der Waals surface area contributed by atoms with Gasteiger partial charge in [0.05, 0.1) is 13.3 Å². The zero-order chi connectivity index (χ0) is 16.2. The van der Waals surface area contributed by atoms with Crippen LogP contribution in [0.3, 0.4) is 0 Å². The van der Waals surface area contributed by atoms with Crippen molar-refractivity contribution in [2.75, 3.05) is 25.1 Å². The molecule has 1 saturated heterocycles. The fourth-order valence-electron chi connectivity index (χ4n) is 2.67. The highest BCUT2D eigenvalue weighted by Gasteiger charge is 2.23. The highest BCUT2D eigenvalue weighted by Crippen LogP contribution is 2.26. The predicted octanol–water partition coefficient (Wildman–Crippen LogP) is 2.89. The van der Waals surface area contributed by atoms with Crippen LogP contribution in [0.1, 0.15) is 18.4 Å².